The highest BCUT2D eigenvalue weighted by Gasteiger charge is 2.22. The van der Waals surface area contributed by atoms with E-state index in [0.717, 1.165) is 21.8 Å². The summed E-state index contributed by atoms with van der Waals surface area (Å²) in [5, 5.41) is 7.91. The van der Waals surface area contributed by atoms with Crippen LogP contribution in [0.25, 0.3) is 20.7 Å². The highest BCUT2D eigenvalue weighted by atomic mass is 32.2. The molecule has 0 aliphatic heterocycles. The van der Waals surface area contributed by atoms with Crippen LogP contribution in [0.15, 0.2) is 59.0 Å². The number of hydrogen-bond acceptors (Lipinski definition) is 6. The number of rotatable bonds is 7. The lowest BCUT2D eigenvalue weighted by atomic mass is 10.2. The number of hydrogen-bond donors (Lipinski definition) is 1. The van der Waals surface area contributed by atoms with Crippen LogP contribution in [-0.4, -0.2) is 30.5 Å². The first-order valence-electron chi connectivity index (χ1n) is 10.5. The molecule has 170 valence electrons. The van der Waals surface area contributed by atoms with Crippen molar-refractivity contribution in [3.8, 4) is 10.4 Å². The van der Waals surface area contributed by atoms with Crippen molar-refractivity contribution in [1.29, 1.82) is 0 Å². The Hall–Kier alpha value is -3.17. The number of allylic oxidation sites excluding steroid dienone is 1. The zero-order valence-electron chi connectivity index (χ0n) is 19.0. The van der Waals surface area contributed by atoms with Crippen LogP contribution in [0.4, 0.5) is 5.69 Å². The number of thioether (sulfide) groups is 1. The summed E-state index contributed by atoms with van der Waals surface area (Å²) in [6.07, 6.45) is 1.66. The van der Waals surface area contributed by atoms with Gasteiger partial charge in [-0.05, 0) is 32.4 Å². The molecule has 7 nitrogen and oxygen atoms in total. The molecule has 0 aliphatic carbocycles. The molecule has 1 aromatic carbocycles. The van der Waals surface area contributed by atoms with Gasteiger partial charge in [0.25, 0.3) is 5.56 Å². The summed E-state index contributed by atoms with van der Waals surface area (Å²) in [6, 6.07) is 11.8. The molecule has 33 heavy (non-hydrogen) atoms. The molecule has 3 heterocycles. The molecule has 4 rings (SSSR count). The maximum atomic E-state index is 13.3. The summed E-state index contributed by atoms with van der Waals surface area (Å²) in [6.45, 7) is 9.67. The minimum absolute atomic E-state index is 0.132. The zero-order valence-corrected chi connectivity index (χ0v) is 20.6. The van der Waals surface area contributed by atoms with E-state index in [1.54, 1.807) is 22.2 Å². The highest BCUT2D eigenvalue weighted by Crippen LogP contribution is 2.33. The quantitative estimate of drug-likeness (QED) is 0.234. The second kappa shape index (κ2) is 9.36. The van der Waals surface area contributed by atoms with E-state index in [9.17, 15) is 9.59 Å². The van der Waals surface area contributed by atoms with E-state index in [1.165, 1.54) is 23.1 Å². The standard InChI is InChI=1S/C24H25N5O2S2/c1-6-12-29-23(31)18-13-19(17-10-8-7-9-11-17)33-22(18)26-24(29)32-16(4)21(30)25-20-14(2)27-28(5)15(20)3/h6-11,13,16H,1,12H2,2-5H3,(H,25,30). The zero-order chi connectivity index (χ0) is 23.7. The fourth-order valence-corrected chi connectivity index (χ4v) is 5.51. The number of fused-ring (bicyclic) bond motifs is 1. The van der Waals surface area contributed by atoms with Gasteiger partial charge in [0.1, 0.15) is 4.83 Å². The normalized spacial score (nSPS) is 12.1. The molecule has 4 aromatic rings. The van der Waals surface area contributed by atoms with Crippen LogP contribution < -0.4 is 10.9 Å². The third kappa shape index (κ3) is 4.51. The topological polar surface area (TPSA) is 81.8 Å². The number of benzene rings is 1. The van der Waals surface area contributed by atoms with Crippen LogP contribution in [0, 0.1) is 13.8 Å². The highest BCUT2D eigenvalue weighted by molar-refractivity contribution is 8.00. The summed E-state index contributed by atoms with van der Waals surface area (Å²) in [5.41, 5.74) is 3.27. The maximum absolute atomic E-state index is 13.3. The molecule has 0 saturated carbocycles. The lowest BCUT2D eigenvalue weighted by Crippen LogP contribution is -2.26. The first-order chi connectivity index (χ1) is 15.8. The number of amides is 1. The van der Waals surface area contributed by atoms with Crippen LogP contribution in [0.5, 0.6) is 0 Å². The van der Waals surface area contributed by atoms with Crippen molar-refractivity contribution in [2.75, 3.05) is 5.32 Å². The fourth-order valence-electron chi connectivity index (χ4n) is 3.51. The van der Waals surface area contributed by atoms with Gasteiger partial charge in [0.05, 0.1) is 27.7 Å². The Bertz CT molecular complexity index is 1400. The molecule has 0 fully saturated rings. The van der Waals surface area contributed by atoms with Crippen molar-refractivity contribution in [2.24, 2.45) is 7.05 Å². The monoisotopic (exact) mass is 479 g/mol. The maximum Gasteiger partial charge on any atom is 0.263 e. The Morgan fingerprint density at radius 2 is 2.03 bits per heavy atom. The molecule has 1 N–H and O–H groups in total. The third-order valence-electron chi connectivity index (χ3n) is 5.39. The van der Waals surface area contributed by atoms with Crippen molar-refractivity contribution < 1.29 is 4.79 Å². The Labute approximate surface area is 200 Å². The average Bonchev–Trinajstić information content (AvgIpc) is 3.33. The van der Waals surface area contributed by atoms with Gasteiger partial charge in [-0.15, -0.1) is 17.9 Å². The molecular weight excluding hydrogens is 454 g/mol. The van der Waals surface area contributed by atoms with E-state index in [0.29, 0.717) is 27.6 Å². The van der Waals surface area contributed by atoms with Crippen molar-refractivity contribution in [1.82, 2.24) is 19.3 Å². The van der Waals surface area contributed by atoms with Crippen molar-refractivity contribution in [2.45, 2.75) is 37.7 Å². The molecule has 9 heteroatoms. The van der Waals surface area contributed by atoms with Crippen molar-refractivity contribution >= 4 is 44.9 Å². The second-order valence-electron chi connectivity index (χ2n) is 7.71. The number of aryl methyl sites for hydroxylation is 2. The SMILES string of the molecule is C=CCn1c(SC(C)C(=O)Nc2c(C)nn(C)c2C)nc2sc(-c3ccccc3)cc2c1=O. The fraction of sp³-hybridized carbons (Fsp3) is 0.250. The van der Waals surface area contributed by atoms with Gasteiger partial charge in [-0.1, -0.05) is 48.2 Å². The van der Waals surface area contributed by atoms with Gasteiger partial charge in [-0.2, -0.15) is 5.10 Å². The Morgan fingerprint density at radius 3 is 2.67 bits per heavy atom. The Balaban J connectivity index is 1.67. The van der Waals surface area contributed by atoms with E-state index >= 15 is 0 Å². The molecular formula is C24H25N5O2S2. The largest absolute Gasteiger partial charge is 0.322 e. The lowest BCUT2D eigenvalue weighted by Gasteiger charge is -2.15. The first-order valence-corrected chi connectivity index (χ1v) is 12.2. The molecule has 1 unspecified atom stereocenters. The van der Waals surface area contributed by atoms with E-state index < -0.39 is 5.25 Å². The van der Waals surface area contributed by atoms with Gasteiger partial charge < -0.3 is 5.32 Å². The van der Waals surface area contributed by atoms with E-state index in [4.69, 9.17) is 4.98 Å². The minimum atomic E-state index is -0.474. The van der Waals surface area contributed by atoms with E-state index in [1.807, 2.05) is 57.3 Å². The van der Waals surface area contributed by atoms with Crippen molar-refractivity contribution in [3.05, 3.63) is 70.8 Å². The molecule has 0 aliphatic rings. The number of carbonyl (C=O) groups is 1. The second-order valence-corrected chi connectivity index (χ2v) is 10.1. The van der Waals surface area contributed by atoms with Gasteiger partial charge in [-0.25, -0.2) is 4.98 Å². The third-order valence-corrected chi connectivity index (χ3v) is 7.56. The van der Waals surface area contributed by atoms with Crippen LogP contribution >= 0.6 is 23.1 Å². The summed E-state index contributed by atoms with van der Waals surface area (Å²) >= 11 is 2.74. The summed E-state index contributed by atoms with van der Waals surface area (Å²) in [4.78, 5) is 32.6. The first kappa shape index (κ1) is 23.0. The summed E-state index contributed by atoms with van der Waals surface area (Å²) < 4.78 is 3.31. The Kier molecular flexibility index (Phi) is 6.53. The lowest BCUT2D eigenvalue weighted by molar-refractivity contribution is -0.115. The molecule has 0 radical (unpaired) electrons. The van der Waals surface area contributed by atoms with Crippen LogP contribution in [0.2, 0.25) is 0 Å². The van der Waals surface area contributed by atoms with E-state index in [-0.39, 0.29) is 11.5 Å². The predicted octanol–water partition coefficient (Wildman–Crippen LogP) is 4.78. The van der Waals surface area contributed by atoms with E-state index in [2.05, 4.69) is 17.0 Å². The van der Waals surface area contributed by atoms with Gasteiger partial charge in [0.15, 0.2) is 5.16 Å². The van der Waals surface area contributed by atoms with Gasteiger partial charge >= 0.3 is 0 Å². The summed E-state index contributed by atoms with van der Waals surface area (Å²) in [7, 11) is 1.84. The molecule has 0 bridgehead atoms. The van der Waals surface area contributed by atoms with Crippen molar-refractivity contribution in [3.63, 3.8) is 0 Å². The molecule has 1 atom stereocenters. The van der Waals surface area contributed by atoms with Gasteiger partial charge in [-0.3, -0.25) is 18.8 Å². The summed E-state index contributed by atoms with van der Waals surface area (Å²) in [5.74, 6) is -0.171. The smallest absolute Gasteiger partial charge is 0.263 e. The minimum Gasteiger partial charge on any atom is -0.322 e. The molecule has 0 saturated heterocycles. The number of anilines is 1. The average molecular weight is 480 g/mol. The molecule has 3 aromatic heterocycles. The number of nitrogens with one attached hydrogen (secondary N) is 1. The van der Waals surface area contributed by atoms with Gasteiger partial charge in [0, 0.05) is 18.5 Å². The Morgan fingerprint density at radius 1 is 1.30 bits per heavy atom. The number of aromatic nitrogens is 4. The number of nitrogens with zero attached hydrogens (tertiary/aromatic N) is 4. The van der Waals surface area contributed by atoms with Crippen LogP contribution in [-0.2, 0) is 18.4 Å². The number of carbonyl (C=O) groups excluding carboxylic acids is 1. The van der Waals surface area contributed by atoms with Crippen LogP contribution in [0.3, 0.4) is 0 Å². The molecule has 1 amide bonds. The van der Waals surface area contributed by atoms with Gasteiger partial charge in [0.2, 0.25) is 5.91 Å². The molecule has 0 spiro atoms. The number of thiophene rings is 1. The van der Waals surface area contributed by atoms with Crippen LogP contribution in [0.1, 0.15) is 18.3 Å². The predicted molar refractivity (Wildman–Crippen MR) is 136 cm³/mol.